The van der Waals surface area contributed by atoms with Crippen molar-refractivity contribution in [3.63, 3.8) is 0 Å². The lowest BCUT2D eigenvalue weighted by Gasteiger charge is -2.14. The number of ether oxygens (including phenoxy) is 1. The maximum absolute atomic E-state index is 13.1. The van der Waals surface area contributed by atoms with E-state index in [2.05, 4.69) is 4.98 Å². The van der Waals surface area contributed by atoms with Crippen molar-refractivity contribution in [3.05, 3.63) is 88.2 Å². The maximum Gasteiger partial charge on any atom is 0.357 e. The number of hydrogen-bond donors (Lipinski definition) is 0. The predicted molar refractivity (Wildman–Crippen MR) is 90.4 cm³/mol. The van der Waals surface area contributed by atoms with Crippen LogP contribution in [-0.4, -0.2) is 20.4 Å². The molecule has 3 rings (SSSR count). The van der Waals surface area contributed by atoms with Crippen LogP contribution in [0.15, 0.2) is 61.1 Å². The Labute approximate surface area is 147 Å². The zero-order chi connectivity index (χ0) is 18.7. The molecule has 0 fully saturated rings. The molecule has 1 atom stereocenters. The summed E-state index contributed by atoms with van der Waals surface area (Å²) in [5, 5.41) is 10.9. The van der Waals surface area contributed by atoms with Gasteiger partial charge < -0.3 is 4.74 Å². The van der Waals surface area contributed by atoms with Gasteiger partial charge in [-0.25, -0.2) is 14.2 Å². The van der Waals surface area contributed by atoms with Crippen LogP contribution in [-0.2, 0) is 4.74 Å². The van der Waals surface area contributed by atoms with Gasteiger partial charge in [0.2, 0.25) is 0 Å². The zero-order valence-corrected chi connectivity index (χ0v) is 13.7. The van der Waals surface area contributed by atoms with E-state index in [0.29, 0.717) is 11.3 Å². The van der Waals surface area contributed by atoms with E-state index in [9.17, 15) is 19.3 Å². The van der Waals surface area contributed by atoms with Crippen molar-refractivity contribution in [1.82, 2.24) is 9.55 Å². The first kappa shape index (κ1) is 17.3. The Morgan fingerprint density at radius 3 is 2.69 bits per heavy atom. The van der Waals surface area contributed by atoms with Crippen molar-refractivity contribution in [2.75, 3.05) is 0 Å². The Kier molecular flexibility index (Phi) is 4.74. The van der Waals surface area contributed by atoms with E-state index in [1.807, 2.05) is 0 Å². The van der Waals surface area contributed by atoms with Gasteiger partial charge >= 0.3 is 5.97 Å². The van der Waals surface area contributed by atoms with E-state index in [1.54, 1.807) is 13.0 Å². The second kappa shape index (κ2) is 7.14. The molecule has 1 aromatic heterocycles. The second-order valence-corrected chi connectivity index (χ2v) is 5.52. The summed E-state index contributed by atoms with van der Waals surface area (Å²) < 4.78 is 20.0. The highest BCUT2D eigenvalue weighted by Gasteiger charge is 2.19. The highest BCUT2D eigenvalue weighted by Crippen LogP contribution is 2.23. The molecule has 8 heteroatoms. The van der Waals surface area contributed by atoms with E-state index in [0.717, 1.165) is 0 Å². The van der Waals surface area contributed by atoms with Gasteiger partial charge in [0.15, 0.2) is 5.69 Å². The molecule has 0 aliphatic carbocycles. The average Bonchev–Trinajstić information content (AvgIpc) is 3.12. The molecule has 0 N–H and O–H groups in total. The highest BCUT2D eigenvalue weighted by atomic mass is 19.1. The summed E-state index contributed by atoms with van der Waals surface area (Å²) in [6, 6.07) is 11.5. The van der Waals surface area contributed by atoms with E-state index >= 15 is 0 Å². The molecule has 3 aromatic rings. The van der Waals surface area contributed by atoms with Gasteiger partial charge in [0.1, 0.15) is 11.9 Å². The van der Waals surface area contributed by atoms with E-state index in [-0.39, 0.29) is 11.4 Å². The number of hydrogen-bond acceptors (Lipinski definition) is 5. The Morgan fingerprint density at radius 1 is 1.27 bits per heavy atom. The molecular weight excluding hydrogens is 341 g/mol. The first-order chi connectivity index (χ1) is 12.5. The van der Waals surface area contributed by atoms with Gasteiger partial charge in [-0.15, -0.1) is 0 Å². The van der Waals surface area contributed by atoms with Crippen molar-refractivity contribution in [2.45, 2.75) is 13.0 Å². The van der Waals surface area contributed by atoms with Crippen LogP contribution in [0.4, 0.5) is 10.1 Å². The van der Waals surface area contributed by atoms with Crippen LogP contribution in [0.25, 0.3) is 5.69 Å². The Morgan fingerprint density at radius 2 is 2.00 bits per heavy atom. The fourth-order valence-electron chi connectivity index (χ4n) is 2.43. The zero-order valence-electron chi connectivity index (χ0n) is 13.7. The van der Waals surface area contributed by atoms with Gasteiger partial charge in [-0.05, 0) is 36.8 Å². The Bertz CT molecular complexity index is 953. The Hall–Kier alpha value is -3.55. The molecule has 1 heterocycles. The number of rotatable bonds is 5. The topological polar surface area (TPSA) is 87.3 Å². The minimum Gasteiger partial charge on any atom is -0.453 e. The fourth-order valence-corrected chi connectivity index (χ4v) is 2.43. The van der Waals surface area contributed by atoms with Gasteiger partial charge in [0.05, 0.1) is 17.4 Å². The first-order valence-corrected chi connectivity index (χ1v) is 7.69. The maximum atomic E-state index is 13.1. The fraction of sp³-hybridized carbons (Fsp3) is 0.111. The van der Waals surface area contributed by atoms with Gasteiger partial charge in [-0.2, -0.15) is 0 Å². The number of nitro groups is 1. The second-order valence-electron chi connectivity index (χ2n) is 5.52. The summed E-state index contributed by atoms with van der Waals surface area (Å²) in [7, 11) is 0. The van der Waals surface area contributed by atoms with Crippen LogP contribution in [0.3, 0.4) is 0 Å². The lowest BCUT2D eigenvalue weighted by molar-refractivity contribution is -0.385. The number of esters is 1. The van der Waals surface area contributed by atoms with Gasteiger partial charge in [-0.1, -0.05) is 12.1 Å². The number of nitro benzene ring substituents is 1. The average molecular weight is 355 g/mol. The first-order valence-electron chi connectivity index (χ1n) is 7.69. The third kappa shape index (κ3) is 3.59. The van der Waals surface area contributed by atoms with Gasteiger partial charge in [0, 0.05) is 17.8 Å². The quantitative estimate of drug-likeness (QED) is 0.394. The molecule has 0 saturated carbocycles. The summed E-state index contributed by atoms with van der Waals surface area (Å²) in [5.41, 5.74) is 1.13. The van der Waals surface area contributed by atoms with Crippen molar-refractivity contribution in [1.29, 1.82) is 0 Å². The number of carbonyl (C=O) groups excluding carboxylic acids is 1. The molecule has 0 radical (unpaired) electrons. The van der Waals surface area contributed by atoms with Crippen LogP contribution in [0.5, 0.6) is 0 Å². The normalized spacial score (nSPS) is 11.8. The number of nitrogens with zero attached hydrogens (tertiary/aromatic N) is 3. The summed E-state index contributed by atoms with van der Waals surface area (Å²) in [6.45, 7) is 1.62. The molecule has 0 aliphatic heterocycles. The number of aromatic nitrogens is 2. The van der Waals surface area contributed by atoms with Crippen LogP contribution in [0.1, 0.15) is 29.1 Å². The predicted octanol–water partition coefficient (Wildman–Crippen LogP) is 3.84. The number of halogens is 1. The number of benzene rings is 2. The standard InChI is InChI=1S/C18H14FN3O4/c1-12(13-3-2-4-16(9-13)22(24)25)26-18(23)17-10-20-11-21(17)15-7-5-14(19)6-8-15/h2-12H,1H3. The molecule has 7 nitrogen and oxygen atoms in total. The van der Waals surface area contributed by atoms with Crippen molar-refractivity contribution < 1.29 is 18.8 Å². The third-order valence-corrected chi connectivity index (χ3v) is 3.79. The van der Waals surface area contributed by atoms with Crippen molar-refractivity contribution >= 4 is 11.7 Å². The van der Waals surface area contributed by atoms with Crippen LogP contribution >= 0.6 is 0 Å². The summed E-state index contributed by atoms with van der Waals surface area (Å²) >= 11 is 0. The van der Waals surface area contributed by atoms with Crippen LogP contribution in [0.2, 0.25) is 0 Å². The molecule has 2 aromatic carbocycles. The third-order valence-electron chi connectivity index (χ3n) is 3.79. The summed E-state index contributed by atoms with van der Waals surface area (Å²) in [6.07, 6.45) is 2.06. The Balaban J connectivity index is 1.81. The lowest BCUT2D eigenvalue weighted by Crippen LogP contribution is -2.13. The number of non-ortho nitro benzene ring substituents is 1. The lowest BCUT2D eigenvalue weighted by atomic mass is 10.1. The molecule has 0 aliphatic rings. The molecule has 1 unspecified atom stereocenters. The largest absolute Gasteiger partial charge is 0.453 e. The molecule has 0 bridgehead atoms. The number of imidazole rings is 1. The van der Waals surface area contributed by atoms with Gasteiger partial charge in [-0.3, -0.25) is 14.7 Å². The molecule has 132 valence electrons. The summed E-state index contributed by atoms with van der Waals surface area (Å²) in [5.74, 6) is -1.04. The molecular formula is C18H14FN3O4. The van der Waals surface area contributed by atoms with E-state index < -0.39 is 22.8 Å². The minimum absolute atomic E-state index is 0.0817. The molecule has 0 saturated heterocycles. The summed E-state index contributed by atoms with van der Waals surface area (Å²) in [4.78, 5) is 26.8. The molecule has 26 heavy (non-hydrogen) atoms. The van der Waals surface area contributed by atoms with E-state index in [4.69, 9.17) is 4.74 Å². The van der Waals surface area contributed by atoms with Gasteiger partial charge in [0.25, 0.3) is 5.69 Å². The smallest absolute Gasteiger partial charge is 0.357 e. The van der Waals surface area contributed by atoms with Crippen molar-refractivity contribution in [3.8, 4) is 5.69 Å². The van der Waals surface area contributed by atoms with E-state index in [1.165, 1.54) is 59.6 Å². The number of carbonyl (C=O) groups is 1. The van der Waals surface area contributed by atoms with Crippen LogP contribution in [0, 0.1) is 15.9 Å². The van der Waals surface area contributed by atoms with Crippen molar-refractivity contribution in [2.24, 2.45) is 0 Å². The monoisotopic (exact) mass is 355 g/mol. The molecule has 0 amide bonds. The SMILES string of the molecule is CC(OC(=O)c1cncn1-c1ccc(F)cc1)c1cccc([N+](=O)[O-])c1. The van der Waals surface area contributed by atoms with Crippen LogP contribution < -0.4 is 0 Å². The highest BCUT2D eigenvalue weighted by molar-refractivity contribution is 5.88. The molecule has 0 spiro atoms. The minimum atomic E-state index is -0.695.